The second kappa shape index (κ2) is 7.48. The fourth-order valence-electron chi connectivity index (χ4n) is 2.35. The monoisotopic (exact) mass is 283 g/mol. The Balaban J connectivity index is 2.12. The lowest BCUT2D eigenvalue weighted by atomic mass is 10.1. The van der Waals surface area contributed by atoms with E-state index in [0.29, 0.717) is 6.42 Å². The van der Waals surface area contributed by atoms with Gasteiger partial charge < -0.3 is 10.0 Å². The van der Waals surface area contributed by atoms with Crippen LogP contribution in [0.2, 0.25) is 0 Å². The van der Waals surface area contributed by atoms with Crippen molar-refractivity contribution in [3.8, 4) is 0 Å². The van der Waals surface area contributed by atoms with Crippen LogP contribution in [0.15, 0.2) is 54.6 Å². The molecule has 0 aromatic heterocycles. The predicted octanol–water partition coefficient (Wildman–Crippen LogP) is 3.87. The number of rotatable bonds is 7. The maximum Gasteiger partial charge on any atom is 0.303 e. The lowest BCUT2D eigenvalue weighted by Gasteiger charge is -2.25. The topological polar surface area (TPSA) is 40.5 Å². The molecular weight excluding hydrogens is 262 g/mol. The van der Waals surface area contributed by atoms with Crippen LogP contribution in [0.4, 0.5) is 5.69 Å². The zero-order chi connectivity index (χ0) is 15.1. The summed E-state index contributed by atoms with van der Waals surface area (Å²) in [7, 11) is 0. The molecule has 0 unspecified atom stereocenters. The normalized spacial score (nSPS) is 10.3. The molecule has 0 saturated heterocycles. The first-order valence-electron chi connectivity index (χ1n) is 7.23. The minimum Gasteiger partial charge on any atom is -0.481 e. The summed E-state index contributed by atoms with van der Waals surface area (Å²) in [6.07, 6.45) is 0.854. The zero-order valence-corrected chi connectivity index (χ0v) is 12.3. The van der Waals surface area contributed by atoms with Crippen LogP contribution < -0.4 is 4.90 Å². The SMILES string of the molecule is Cc1ccccc1CN(CCCC(=O)O)c1ccccc1. The van der Waals surface area contributed by atoms with E-state index >= 15 is 0 Å². The summed E-state index contributed by atoms with van der Waals surface area (Å²) in [5.74, 6) is -0.737. The third-order valence-electron chi connectivity index (χ3n) is 3.56. The molecule has 0 heterocycles. The van der Waals surface area contributed by atoms with Crippen molar-refractivity contribution in [2.45, 2.75) is 26.3 Å². The molecule has 0 atom stereocenters. The number of carboxylic acids is 1. The van der Waals surface area contributed by atoms with Crippen LogP contribution in [-0.4, -0.2) is 17.6 Å². The maximum atomic E-state index is 10.7. The predicted molar refractivity (Wildman–Crippen MR) is 85.5 cm³/mol. The molecule has 21 heavy (non-hydrogen) atoms. The highest BCUT2D eigenvalue weighted by Gasteiger charge is 2.09. The van der Waals surface area contributed by atoms with Gasteiger partial charge in [0, 0.05) is 25.2 Å². The molecule has 0 spiro atoms. The van der Waals surface area contributed by atoms with Gasteiger partial charge in [0.1, 0.15) is 0 Å². The number of carboxylic acid groups (broad SMARTS) is 1. The quantitative estimate of drug-likeness (QED) is 0.838. The van der Waals surface area contributed by atoms with Gasteiger partial charge >= 0.3 is 5.97 Å². The van der Waals surface area contributed by atoms with Crippen molar-refractivity contribution in [2.75, 3.05) is 11.4 Å². The smallest absolute Gasteiger partial charge is 0.303 e. The largest absolute Gasteiger partial charge is 0.481 e. The van der Waals surface area contributed by atoms with E-state index in [1.165, 1.54) is 11.1 Å². The number of aliphatic carboxylic acids is 1. The molecule has 0 aliphatic carbocycles. The molecule has 1 N–H and O–H groups in total. The molecule has 110 valence electrons. The maximum absolute atomic E-state index is 10.7. The number of carbonyl (C=O) groups is 1. The van der Waals surface area contributed by atoms with Crippen molar-refractivity contribution in [2.24, 2.45) is 0 Å². The molecule has 3 nitrogen and oxygen atoms in total. The van der Waals surface area contributed by atoms with Crippen LogP contribution >= 0.6 is 0 Å². The second-order valence-electron chi connectivity index (χ2n) is 5.18. The summed E-state index contributed by atoms with van der Waals surface area (Å²) < 4.78 is 0. The zero-order valence-electron chi connectivity index (χ0n) is 12.3. The van der Waals surface area contributed by atoms with E-state index in [0.717, 1.165) is 18.8 Å². The molecule has 0 radical (unpaired) electrons. The van der Waals surface area contributed by atoms with Crippen LogP contribution in [0.3, 0.4) is 0 Å². The first-order chi connectivity index (χ1) is 10.2. The Hall–Kier alpha value is -2.29. The van der Waals surface area contributed by atoms with Gasteiger partial charge in [-0.1, -0.05) is 42.5 Å². The van der Waals surface area contributed by atoms with E-state index in [1.54, 1.807) is 0 Å². The summed E-state index contributed by atoms with van der Waals surface area (Å²) in [6, 6.07) is 18.5. The minimum absolute atomic E-state index is 0.205. The number of anilines is 1. The molecule has 0 saturated carbocycles. The first-order valence-corrected chi connectivity index (χ1v) is 7.23. The summed E-state index contributed by atoms with van der Waals surface area (Å²) in [5, 5.41) is 8.81. The number of benzene rings is 2. The Morgan fingerprint density at radius 1 is 1.05 bits per heavy atom. The van der Waals surface area contributed by atoms with Crippen LogP contribution in [0, 0.1) is 6.92 Å². The van der Waals surface area contributed by atoms with E-state index in [9.17, 15) is 4.79 Å². The first kappa shape index (κ1) is 15.1. The Morgan fingerprint density at radius 2 is 1.71 bits per heavy atom. The Bertz CT molecular complexity index is 581. The molecule has 2 aromatic rings. The van der Waals surface area contributed by atoms with Gasteiger partial charge in [0.15, 0.2) is 0 Å². The molecule has 3 heteroatoms. The van der Waals surface area contributed by atoms with Gasteiger partial charge in [-0.25, -0.2) is 0 Å². The van der Waals surface area contributed by atoms with Gasteiger partial charge in [0.05, 0.1) is 0 Å². The average Bonchev–Trinajstić information content (AvgIpc) is 2.49. The van der Waals surface area contributed by atoms with Gasteiger partial charge in [-0.3, -0.25) is 4.79 Å². The van der Waals surface area contributed by atoms with Crippen molar-refractivity contribution in [1.29, 1.82) is 0 Å². The molecule has 0 fully saturated rings. The average molecular weight is 283 g/mol. The Kier molecular flexibility index (Phi) is 5.38. The van der Waals surface area contributed by atoms with Crippen molar-refractivity contribution in [1.82, 2.24) is 0 Å². The van der Waals surface area contributed by atoms with Crippen molar-refractivity contribution < 1.29 is 9.90 Å². The van der Waals surface area contributed by atoms with Gasteiger partial charge in [0.25, 0.3) is 0 Å². The molecular formula is C18H21NO2. The summed E-state index contributed by atoms with van der Waals surface area (Å²) in [4.78, 5) is 13.0. The second-order valence-corrected chi connectivity index (χ2v) is 5.18. The molecule has 2 aromatic carbocycles. The van der Waals surface area contributed by atoms with Gasteiger partial charge in [-0.15, -0.1) is 0 Å². The van der Waals surface area contributed by atoms with Crippen molar-refractivity contribution in [3.63, 3.8) is 0 Å². The van der Waals surface area contributed by atoms with E-state index in [-0.39, 0.29) is 6.42 Å². The van der Waals surface area contributed by atoms with Gasteiger partial charge in [0.2, 0.25) is 0 Å². The van der Waals surface area contributed by atoms with E-state index in [1.807, 2.05) is 30.3 Å². The minimum atomic E-state index is -0.737. The molecule has 2 rings (SSSR count). The van der Waals surface area contributed by atoms with Gasteiger partial charge in [-0.05, 0) is 36.6 Å². The number of aryl methyl sites for hydroxylation is 1. The highest BCUT2D eigenvalue weighted by atomic mass is 16.4. The number of para-hydroxylation sites is 1. The van der Waals surface area contributed by atoms with Crippen LogP contribution in [-0.2, 0) is 11.3 Å². The van der Waals surface area contributed by atoms with Gasteiger partial charge in [-0.2, -0.15) is 0 Å². The third-order valence-corrected chi connectivity index (χ3v) is 3.56. The number of hydrogen-bond donors (Lipinski definition) is 1. The lowest BCUT2D eigenvalue weighted by molar-refractivity contribution is -0.137. The van der Waals surface area contributed by atoms with Crippen molar-refractivity contribution in [3.05, 3.63) is 65.7 Å². The number of nitrogens with zero attached hydrogens (tertiary/aromatic N) is 1. The molecule has 0 amide bonds. The summed E-state index contributed by atoms with van der Waals surface area (Å²) >= 11 is 0. The van der Waals surface area contributed by atoms with Crippen LogP contribution in [0.5, 0.6) is 0 Å². The van der Waals surface area contributed by atoms with Crippen molar-refractivity contribution >= 4 is 11.7 Å². The Morgan fingerprint density at radius 3 is 2.38 bits per heavy atom. The fraction of sp³-hybridized carbons (Fsp3) is 0.278. The van der Waals surface area contributed by atoms with E-state index < -0.39 is 5.97 Å². The van der Waals surface area contributed by atoms with E-state index in [4.69, 9.17) is 5.11 Å². The Labute approximate surface area is 125 Å². The number of hydrogen-bond acceptors (Lipinski definition) is 2. The highest BCUT2D eigenvalue weighted by molar-refractivity contribution is 5.66. The highest BCUT2D eigenvalue weighted by Crippen LogP contribution is 2.19. The van der Waals surface area contributed by atoms with Crippen LogP contribution in [0.1, 0.15) is 24.0 Å². The summed E-state index contributed by atoms with van der Waals surface area (Å²) in [6.45, 7) is 3.65. The fourth-order valence-corrected chi connectivity index (χ4v) is 2.35. The van der Waals surface area contributed by atoms with Crippen LogP contribution in [0.25, 0.3) is 0 Å². The lowest BCUT2D eigenvalue weighted by Crippen LogP contribution is -2.24. The molecule has 0 aliphatic heterocycles. The molecule has 0 bridgehead atoms. The molecule has 0 aliphatic rings. The summed E-state index contributed by atoms with van der Waals surface area (Å²) in [5.41, 5.74) is 3.67. The third kappa shape index (κ3) is 4.63. The van der Waals surface area contributed by atoms with E-state index in [2.05, 4.69) is 36.1 Å². The standard InChI is InChI=1S/C18H21NO2/c1-15-8-5-6-9-16(15)14-19(13-7-12-18(20)21)17-10-3-2-4-11-17/h2-6,8-11H,7,12-14H2,1H3,(H,20,21).